The molecule has 3 rings (SSSR count). The van der Waals surface area contributed by atoms with Crippen molar-refractivity contribution in [3.05, 3.63) is 48.0 Å². The van der Waals surface area contributed by atoms with E-state index in [9.17, 15) is 4.79 Å². The third-order valence-corrected chi connectivity index (χ3v) is 4.51. The van der Waals surface area contributed by atoms with Gasteiger partial charge in [0.05, 0.1) is 12.1 Å². The highest BCUT2D eigenvalue weighted by molar-refractivity contribution is 5.74. The third-order valence-electron chi connectivity index (χ3n) is 4.51. The van der Waals surface area contributed by atoms with Crippen molar-refractivity contribution in [3.63, 3.8) is 0 Å². The van der Waals surface area contributed by atoms with Crippen molar-refractivity contribution in [2.75, 3.05) is 0 Å². The molecule has 0 aliphatic heterocycles. The molecule has 2 aromatic rings. The van der Waals surface area contributed by atoms with Crippen LogP contribution >= 0.6 is 0 Å². The normalized spacial score (nSPS) is 17.6. The van der Waals surface area contributed by atoms with Gasteiger partial charge in [0.15, 0.2) is 0 Å². The SMILES string of the molecule is CC(NC(=O)NC(c1ccccc1)C1CCCC1)c1ncn[nH]1. The monoisotopic (exact) mass is 313 g/mol. The van der Waals surface area contributed by atoms with Crippen molar-refractivity contribution in [2.24, 2.45) is 5.92 Å². The van der Waals surface area contributed by atoms with Crippen LogP contribution in [0.1, 0.15) is 56.1 Å². The van der Waals surface area contributed by atoms with Gasteiger partial charge in [-0.2, -0.15) is 5.10 Å². The molecule has 6 nitrogen and oxygen atoms in total. The zero-order valence-corrected chi connectivity index (χ0v) is 13.3. The lowest BCUT2D eigenvalue weighted by molar-refractivity contribution is 0.227. The Balaban J connectivity index is 1.67. The highest BCUT2D eigenvalue weighted by Gasteiger charge is 2.28. The number of nitrogens with zero attached hydrogens (tertiary/aromatic N) is 2. The molecule has 122 valence electrons. The molecule has 1 aliphatic carbocycles. The molecule has 1 heterocycles. The number of amides is 2. The fraction of sp³-hybridized carbons (Fsp3) is 0.471. The van der Waals surface area contributed by atoms with Crippen LogP contribution < -0.4 is 10.6 Å². The van der Waals surface area contributed by atoms with Gasteiger partial charge < -0.3 is 10.6 Å². The fourth-order valence-corrected chi connectivity index (χ4v) is 3.30. The highest BCUT2D eigenvalue weighted by Crippen LogP contribution is 2.35. The number of benzene rings is 1. The van der Waals surface area contributed by atoms with Crippen LogP contribution in [-0.4, -0.2) is 21.2 Å². The van der Waals surface area contributed by atoms with Crippen LogP contribution in [0, 0.1) is 5.92 Å². The largest absolute Gasteiger partial charge is 0.331 e. The Morgan fingerprint density at radius 3 is 2.61 bits per heavy atom. The molecule has 1 aromatic heterocycles. The summed E-state index contributed by atoms with van der Waals surface area (Å²) in [6.45, 7) is 1.88. The molecule has 1 aliphatic rings. The summed E-state index contributed by atoms with van der Waals surface area (Å²) in [4.78, 5) is 16.5. The second-order valence-corrected chi connectivity index (χ2v) is 6.14. The molecule has 0 spiro atoms. The first-order valence-electron chi connectivity index (χ1n) is 8.21. The van der Waals surface area contributed by atoms with Crippen molar-refractivity contribution >= 4 is 6.03 Å². The van der Waals surface area contributed by atoms with E-state index in [0.29, 0.717) is 11.7 Å². The van der Waals surface area contributed by atoms with Crippen LogP contribution in [0.5, 0.6) is 0 Å². The van der Waals surface area contributed by atoms with Crippen molar-refractivity contribution in [1.82, 2.24) is 25.8 Å². The molecule has 1 saturated carbocycles. The van der Waals surface area contributed by atoms with Crippen LogP contribution in [0.25, 0.3) is 0 Å². The minimum Gasteiger partial charge on any atom is -0.331 e. The lowest BCUT2D eigenvalue weighted by atomic mass is 9.92. The van der Waals surface area contributed by atoms with Crippen LogP contribution in [0.4, 0.5) is 4.79 Å². The summed E-state index contributed by atoms with van der Waals surface area (Å²) in [7, 11) is 0. The summed E-state index contributed by atoms with van der Waals surface area (Å²) in [5.41, 5.74) is 1.17. The molecule has 1 aromatic carbocycles. The van der Waals surface area contributed by atoms with E-state index < -0.39 is 0 Å². The topological polar surface area (TPSA) is 82.7 Å². The van der Waals surface area contributed by atoms with Gasteiger partial charge in [-0.05, 0) is 31.2 Å². The van der Waals surface area contributed by atoms with Crippen molar-refractivity contribution in [1.29, 1.82) is 0 Å². The average Bonchev–Trinajstić information content (AvgIpc) is 3.26. The Kier molecular flexibility index (Phi) is 4.90. The van der Waals surface area contributed by atoms with Gasteiger partial charge in [0.25, 0.3) is 0 Å². The molecule has 3 N–H and O–H groups in total. The number of aromatic amines is 1. The molecule has 6 heteroatoms. The lowest BCUT2D eigenvalue weighted by Crippen LogP contribution is -2.41. The molecule has 2 amide bonds. The zero-order chi connectivity index (χ0) is 16.1. The second kappa shape index (κ2) is 7.26. The number of hydrogen-bond acceptors (Lipinski definition) is 3. The van der Waals surface area contributed by atoms with E-state index >= 15 is 0 Å². The fourth-order valence-electron chi connectivity index (χ4n) is 3.30. The maximum atomic E-state index is 12.4. The molecule has 0 radical (unpaired) electrons. The van der Waals surface area contributed by atoms with E-state index in [4.69, 9.17) is 0 Å². The Hall–Kier alpha value is -2.37. The van der Waals surface area contributed by atoms with Gasteiger partial charge in [0.2, 0.25) is 0 Å². The van der Waals surface area contributed by atoms with Gasteiger partial charge in [-0.3, -0.25) is 5.10 Å². The third kappa shape index (κ3) is 3.88. The number of urea groups is 1. The predicted octanol–water partition coefficient (Wildman–Crippen LogP) is 3.10. The Morgan fingerprint density at radius 1 is 1.22 bits per heavy atom. The average molecular weight is 313 g/mol. The van der Waals surface area contributed by atoms with E-state index in [2.05, 4.69) is 37.9 Å². The predicted molar refractivity (Wildman–Crippen MR) is 87.6 cm³/mol. The molecule has 2 atom stereocenters. The van der Waals surface area contributed by atoms with Gasteiger partial charge in [0.1, 0.15) is 12.2 Å². The number of rotatable bonds is 5. The van der Waals surface area contributed by atoms with E-state index in [-0.39, 0.29) is 18.1 Å². The van der Waals surface area contributed by atoms with Crippen LogP contribution in [-0.2, 0) is 0 Å². The van der Waals surface area contributed by atoms with E-state index in [1.54, 1.807) is 0 Å². The van der Waals surface area contributed by atoms with Gasteiger partial charge in [-0.25, -0.2) is 9.78 Å². The first-order valence-corrected chi connectivity index (χ1v) is 8.21. The Morgan fingerprint density at radius 2 is 1.96 bits per heavy atom. The maximum Gasteiger partial charge on any atom is 0.315 e. The molecule has 23 heavy (non-hydrogen) atoms. The second-order valence-electron chi connectivity index (χ2n) is 6.14. The van der Waals surface area contributed by atoms with Crippen molar-refractivity contribution in [2.45, 2.75) is 44.7 Å². The Labute approximate surface area is 136 Å². The molecule has 0 saturated heterocycles. The molecular formula is C17H23N5O. The molecular weight excluding hydrogens is 290 g/mol. The summed E-state index contributed by atoms with van der Waals surface area (Å²) in [6.07, 6.45) is 6.25. The Bertz CT molecular complexity index is 607. The first-order chi connectivity index (χ1) is 11.2. The molecule has 0 bridgehead atoms. The van der Waals surface area contributed by atoms with Crippen LogP contribution in [0.15, 0.2) is 36.7 Å². The number of aromatic nitrogens is 3. The quantitative estimate of drug-likeness (QED) is 0.793. The van der Waals surface area contributed by atoms with E-state index in [0.717, 1.165) is 12.8 Å². The van der Waals surface area contributed by atoms with Crippen molar-refractivity contribution < 1.29 is 4.79 Å². The number of carbonyl (C=O) groups excluding carboxylic acids is 1. The van der Waals surface area contributed by atoms with E-state index in [1.807, 2.05) is 25.1 Å². The van der Waals surface area contributed by atoms with Crippen LogP contribution in [0.2, 0.25) is 0 Å². The summed E-state index contributed by atoms with van der Waals surface area (Å²) >= 11 is 0. The number of carbonyl (C=O) groups is 1. The van der Waals surface area contributed by atoms with Gasteiger partial charge in [0, 0.05) is 0 Å². The number of H-pyrrole nitrogens is 1. The molecule has 2 unspecified atom stereocenters. The molecule has 1 fully saturated rings. The van der Waals surface area contributed by atoms with Gasteiger partial charge >= 0.3 is 6.03 Å². The van der Waals surface area contributed by atoms with Gasteiger partial charge in [-0.1, -0.05) is 43.2 Å². The van der Waals surface area contributed by atoms with Crippen LogP contribution in [0.3, 0.4) is 0 Å². The van der Waals surface area contributed by atoms with Crippen molar-refractivity contribution in [3.8, 4) is 0 Å². The smallest absolute Gasteiger partial charge is 0.315 e. The summed E-state index contributed by atoms with van der Waals surface area (Å²) < 4.78 is 0. The van der Waals surface area contributed by atoms with E-state index in [1.165, 1.54) is 24.7 Å². The standard InChI is InChI=1S/C17H23N5O/c1-12(16-18-11-19-22-16)20-17(23)21-15(14-9-5-6-10-14)13-7-3-2-4-8-13/h2-4,7-8,11-12,14-15H,5-6,9-10H2,1H3,(H,18,19,22)(H2,20,21,23). The highest BCUT2D eigenvalue weighted by atomic mass is 16.2. The zero-order valence-electron chi connectivity index (χ0n) is 13.3. The maximum absolute atomic E-state index is 12.4. The lowest BCUT2D eigenvalue weighted by Gasteiger charge is -2.26. The minimum absolute atomic E-state index is 0.0561. The minimum atomic E-state index is -0.211. The summed E-state index contributed by atoms with van der Waals surface area (Å²) in [5, 5.41) is 12.7. The summed E-state index contributed by atoms with van der Waals surface area (Å²) in [5.74, 6) is 1.15. The first kappa shape index (κ1) is 15.5. The number of hydrogen-bond donors (Lipinski definition) is 3. The van der Waals surface area contributed by atoms with Gasteiger partial charge in [-0.15, -0.1) is 0 Å². The number of nitrogens with one attached hydrogen (secondary N) is 3. The summed E-state index contributed by atoms with van der Waals surface area (Å²) in [6, 6.07) is 9.89.